The van der Waals surface area contributed by atoms with Crippen molar-refractivity contribution in [3.63, 3.8) is 0 Å². The summed E-state index contributed by atoms with van der Waals surface area (Å²) < 4.78 is 29.8. The fraction of sp³-hybridized carbons (Fsp3) is 0.579. The molecule has 1 aromatic carbocycles. The van der Waals surface area contributed by atoms with Crippen LogP contribution in [0, 0.1) is 5.82 Å². The zero-order valence-corrected chi connectivity index (χ0v) is 15.7. The topological polar surface area (TPSA) is 64.8 Å². The van der Waals surface area contributed by atoms with E-state index in [-0.39, 0.29) is 17.8 Å². The predicted molar refractivity (Wildman–Crippen MR) is 94.9 cm³/mol. The third-order valence-corrected chi connectivity index (χ3v) is 5.13. The minimum Gasteiger partial charge on any atom is -0.490 e. The van der Waals surface area contributed by atoms with Gasteiger partial charge in [0.05, 0.1) is 12.8 Å². The van der Waals surface area contributed by atoms with Gasteiger partial charge in [-0.1, -0.05) is 12.1 Å². The molecule has 1 saturated heterocycles. The van der Waals surface area contributed by atoms with Gasteiger partial charge in [-0.15, -0.1) is 0 Å². The van der Waals surface area contributed by atoms with Crippen LogP contribution in [0.2, 0.25) is 0 Å². The highest BCUT2D eigenvalue weighted by Crippen LogP contribution is 2.37. The first-order valence-electron chi connectivity index (χ1n) is 8.96. The van der Waals surface area contributed by atoms with Gasteiger partial charge in [0.1, 0.15) is 5.60 Å². The van der Waals surface area contributed by atoms with Crippen molar-refractivity contribution in [2.45, 2.75) is 51.6 Å². The zero-order valence-electron chi connectivity index (χ0n) is 15.7. The lowest BCUT2D eigenvalue weighted by atomic mass is 9.91. The summed E-state index contributed by atoms with van der Waals surface area (Å²) >= 11 is 0. The summed E-state index contributed by atoms with van der Waals surface area (Å²) in [5, 5.41) is 4.92. The van der Waals surface area contributed by atoms with Gasteiger partial charge in [0.15, 0.2) is 5.82 Å². The number of fused-ring (bicyclic) bond motifs is 1. The van der Waals surface area contributed by atoms with Gasteiger partial charge in [0.25, 0.3) is 0 Å². The standard InChI is InChI=1S/C19H25FN2O4/c1-5-19(2,3)25-18(23)22-10-8-12(9-11-22)15-13-6-7-14(20)17(24-4)16(13)26-21-15/h6-7,12H,5,8-11H2,1-4H3. The number of rotatable bonds is 4. The minimum atomic E-state index is -0.473. The number of hydrogen-bond acceptors (Lipinski definition) is 5. The minimum absolute atomic E-state index is 0.0732. The molecule has 3 rings (SSSR count). The Morgan fingerprint density at radius 2 is 2.08 bits per heavy atom. The molecule has 7 heteroatoms. The molecule has 0 saturated carbocycles. The number of carbonyl (C=O) groups excluding carboxylic acids is 1. The molecule has 0 N–H and O–H groups in total. The van der Waals surface area contributed by atoms with Crippen molar-refractivity contribution >= 4 is 17.1 Å². The molecule has 0 unspecified atom stereocenters. The van der Waals surface area contributed by atoms with E-state index in [0.29, 0.717) is 18.7 Å². The quantitative estimate of drug-likeness (QED) is 0.800. The Labute approximate surface area is 152 Å². The van der Waals surface area contributed by atoms with Gasteiger partial charge in [-0.2, -0.15) is 0 Å². The van der Waals surface area contributed by atoms with Crippen LogP contribution in [0.25, 0.3) is 11.0 Å². The molecular formula is C19H25FN2O4. The van der Waals surface area contributed by atoms with E-state index < -0.39 is 11.4 Å². The molecule has 2 aromatic rings. The Morgan fingerprint density at radius 1 is 1.38 bits per heavy atom. The number of aromatic nitrogens is 1. The second-order valence-corrected chi connectivity index (χ2v) is 7.27. The SMILES string of the molecule is CCC(C)(C)OC(=O)N1CCC(c2noc3c(OC)c(F)ccc23)CC1. The number of halogens is 1. The Bertz CT molecular complexity index is 794. The molecule has 1 aliphatic heterocycles. The molecule has 0 radical (unpaired) electrons. The fourth-order valence-electron chi connectivity index (χ4n) is 3.17. The van der Waals surface area contributed by atoms with Crippen molar-refractivity contribution in [3.05, 3.63) is 23.6 Å². The molecule has 6 nitrogen and oxygen atoms in total. The van der Waals surface area contributed by atoms with E-state index in [9.17, 15) is 9.18 Å². The number of benzene rings is 1. The highest BCUT2D eigenvalue weighted by atomic mass is 19.1. The molecular weight excluding hydrogens is 339 g/mol. The monoisotopic (exact) mass is 364 g/mol. The fourth-order valence-corrected chi connectivity index (χ4v) is 3.17. The van der Waals surface area contributed by atoms with Crippen molar-refractivity contribution in [1.82, 2.24) is 10.1 Å². The average Bonchev–Trinajstić information content (AvgIpc) is 3.05. The van der Waals surface area contributed by atoms with Crippen LogP contribution < -0.4 is 4.74 Å². The largest absolute Gasteiger partial charge is 0.490 e. The van der Waals surface area contributed by atoms with E-state index in [1.165, 1.54) is 13.2 Å². The third kappa shape index (κ3) is 3.48. The van der Waals surface area contributed by atoms with Crippen LogP contribution in [-0.4, -0.2) is 42.0 Å². The second kappa shape index (κ2) is 7.13. The van der Waals surface area contributed by atoms with E-state index in [2.05, 4.69) is 5.16 Å². The molecule has 0 atom stereocenters. The summed E-state index contributed by atoms with van der Waals surface area (Å²) in [6.45, 7) is 7.00. The number of methoxy groups -OCH3 is 1. The predicted octanol–water partition coefficient (Wildman–Crippen LogP) is 4.48. The van der Waals surface area contributed by atoms with Gasteiger partial charge >= 0.3 is 6.09 Å². The van der Waals surface area contributed by atoms with E-state index >= 15 is 0 Å². The summed E-state index contributed by atoms with van der Waals surface area (Å²) in [6, 6.07) is 3.03. The maximum absolute atomic E-state index is 13.8. The summed E-state index contributed by atoms with van der Waals surface area (Å²) in [4.78, 5) is 14.0. The molecule has 1 amide bonds. The number of ether oxygens (including phenoxy) is 2. The summed E-state index contributed by atoms with van der Waals surface area (Å²) in [6.07, 6.45) is 1.99. The summed E-state index contributed by atoms with van der Waals surface area (Å²) in [5.41, 5.74) is 0.658. The highest BCUT2D eigenvalue weighted by Gasteiger charge is 2.31. The molecule has 1 aromatic heterocycles. The van der Waals surface area contributed by atoms with E-state index in [0.717, 1.165) is 30.3 Å². The summed E-state index contributed by atoms with van der Waals surface area (Å²) in [5.74, 6) is -0.252. The Hall–Kier alpha value is -2.31. The number of carbonyl (C=O) groups is 1. The first-order valence-corrected chi connectivity index (χ1v) is 8.96. The van der Waals surface area contributed by atoms with Crippen molar-refractivity contribution < 1.29 is 23.2 Å². The molecule has 2 heterocycles. The van der Waals surface area contributed by atoms with Crippen LogP contribution >= 0.6 is 0 Å². The number of nitrogens with zero attached hydrogens (tertiary/aromatic N) is 2. The second-order valence-electron chi connectivity index (χ2n) is 7.27. The molecule has 0 spiro atoms. The molecule has 1 aliphatic rings. The highest BCUT2D eigenvalue weighted by molar-refractivity contribution is 5.85. The lowest BCUT2D eigenvalue weighted by molar-refractivity contribution is 0.00742. The average molecular weight is 364 g/mol. The number of amides is 1. The molecule has 1 fully saturated rings. The molecule has 0 bridgehead atoms. The van der Waals surface area contributed by atoms with Gasteiger partial charge in [0, 0.05) is 24.4 Å². The van der Waals surface area contributed by atoms with E-state index in [1.807, 2.05) is 20.8 Å². The Morgan fingerprint density at radius 3 is 2.69 bits per heavy atom. The van der Waals surface area contributed by atoms with Gasteiger partial charge in [-0.05, 0) is 45.2 Å². The zero-order chi connectivity index (χ0) is 18.9. The number of piperidine rings is 1. The van der Waals surface area contributed by atoms with Crippen molar-refractivity contribution in [2.24, 2.45) is 0 Å². The van der Waals surface area contributed by atoms with E-state index in [1.54, 1.807) is 11.0 Å². The first-order chi connectivity index (χ1) is 12.4. The molecule has 142 valence electrons. The number of hydrogen-bond donors (Lipinski definition) is 0. The van der Waals surface area contributed by atoms with Crippen molar-refractivity contribution in [3.8, 4) is 5.75 Å². The van der Waals surface area contributed by atoms with Gasteiger partial charge in [-0.25, -0.2) is 9.18 Å². The lowest BCUT2D eigenvalue weighted by Crippen LogP contribution is -2.42. The molecule has 26 heavy (non-hydrogen) atoms. The van der Waals surface area contributed by atoms with Crippen LogP contribution in [0.15, 0.2) is 16.7 Å². The molecule has 0 aliphatic carbocycles. The van der Waals surface area contributed by atoms with E-state index in [4.69, 9.17) is 14.0 Å². The van der Waals surface area contributed by atoms with Crippen LogP contribution in [-0.2, 0) is 4.74 Å². The van der Waals surface area contributed by atoms with Crippen LogP contribution in [0.3, 0.4) is 0 Å². The van der Waals surface area contributed by atoms with Crippen LogP contribution in [0.4, 0.5) is 9.18 Å². The third-order valence-electron chi connectivity index (χ3n) is 5.13. The Balaban J connectivity index is 1.71. The smallest absolute Gasteiger partial charge is 0.410 e. The maximum Gasteiger partial charge on any atom is 0.410 e. The first kappa shape index (κ1) is 18.5. The van der Waals surface area contributed by atoms with Crippen LogP contribution in [0.1, 0.15) is 51.6 Å². The van der Waals surface area contributed by atoms with Gasteiger partial charge in [-0.3, -0.25) is 0 Å². The van der Waals surface area contributed by atoms with Crippen molar-refractivity contribution in [2.75, 3.05) is 20.2 Å². The summed E-state index contributed by atoms with van der Waals surface area (Å²) in [7, 11) is 1.40. The van der Waals surface area contributed by atoms with Crippen LogP contribution in [0.5, 0.6) is 5.75 Å². The van der Waals surface area contributed by atoms with Gasteiger partial charge in [0.2, 0.25) is 11.3 Å². The Kier molecular flexibility index (Phi) is 5.07. The normalized spacial score (nSPS) is 16.1. The lowest BCUT2D eigenvalue weighted by Gasteiger charge is -2.33. The maximum atomic E-state index is 13.8. The van der Waals surface area contributed by atoms with Crippen molar-refractivity contribution in [1.29, 1.82) is 0 Å². The van der Waals surface area contributed by atoms with Gasteiger partial charge < -0.3 is 18.9 Å². The number of likely N-dealkylation sites (tertiary alicyclic amines) is 1.